The van der Waals surface area contributed by atoms with Gasteiger partial charge in [0.25, 0.3) is 5.91 Å². The zero-order valence-electron chi connectivity index (χ0n) is 14.6. The van der Waals surface area contributed by atoms with Crippen LogP contribution in [-0.4, -0.2) is 32.4 Å². The molecular formula is C19H19N3O4. The number of hydrazone groups is 1. The predicted octanol–water partition coefficient (Wildman–Crippen LogP) is 2.76. The van der Waals surface area contributed by atoms with Crippen LogP contribution < -0.4 is 19.6 Å². The molecule has 0 fully saturated rings. The number of carbonyl (C=O) groups excluding carboxylic acids is 1. The molecule has 0 heterocycles. The summed E-state index contributed by atoms with van der Waals surface area (Å²) in [5.41, 5.74) is 3.64. The van der Waals surface area contributed by atoms with Crippen molar-refractivity contribution in [1.29, 1.82) is 5.26 Å². The minimum Gasteiger partial charge on any atom is -0.494 e. The van der Waals surface area contributed by atoms with Crippen molar-refractivity contribution in [3.8, 4) is 23.3 Å². The van der Waals surface area contributed by atoms with Crippen LogP contribution in [0.25, 0.3) is 0 Å². The number of nitriles is 1. The number of benzene rings is 2. The van der Waals surface area contributed by atoms with E-state index in [0.717, 1.165) is 0 Å². The Kier molecular flexibility index (Phi) is 7.01. The molecule has 0 aromatic heterocycles. The van der Waals surface area contributed by atoms with Crippen molar-refractivity contribution in [3.63, 3.8) is 0 Å². The van der Waals surface area contributed by atoms with Crippen LogP contribution in [0.1, 0.15) is 22.8 Å². The number of amides is 1. The van der Waals surface area contributed by atoms with E-state index in [1.807, 2.05) is 13.0 Å². The molecule has 7 heteroatoms. The zero-order valence-corrected chi connectivity index (χ0v) is 14.6. The van der Waals surface area contributed by atoms with Crippen LogP contribution in [0, 0.1) is 11.3 Å². The lowest BCUT2D eigenvalue weighted by atomic mass is 10.2. The van der Waals surface area contributed by atoms with E-state index in [9.17, 15) is 4.79 Å². The quantitative estimate of drug-likeness (QED) is 0.582. The second-order valence-electron chi connectivity index (χ2n) is 5.01. The first-order chi connectivity index (χ1) is 12.7. The largest absolute Gasteiger partial charge is 0.494 e. The fourth-order valence-corrected chi connectivity index (χ4v) is 2.09. The summed E-state index contributed by atoms with van der Waals surface area (Å²) in [6, 6.07) is 13.8. The fraction of sp³-hybridized carbons (Fsp3) is 0.211. The van der Waals surface area contributed by atoms with E-state index >= 15 is 0 Å². The van der Waals surface area contributed by atoms with Crippen molar-refractivity contribution >= 4 is 12.1 Å². The molecule has 0 aliphatic heterocycles. The average Bonchev–Trinajstić information content (AvgIpc) is 2.67. The second kappa shape index (κ2) is 9.69. The van der Waals surface area contributed by atoms with Crippen LogP contribution in [0.4, 0.5) is 0 Å². The van der Waals surface area contributed by atoms with Gasteiger partial charge in [-0.3, -0.25) is 4.79 Å². The minimum atomic E-state index is -0.328. The molecule has 0 spiro atoms. The third kappa shape index (κ3) is 5.24. The van der Waals surface area contributed by atoms with Gasteiger partial charge in [0.2, 0.25) is 0 Å². The molecule has 0 bridgehead atoms. The van der Waals surface area contributed by atoms with Crippen LogP contribution in [0.15, 0.2) is 47.6 Å². The highest BCUT2D eigenvalue weighted by Gasteiger charge is 2.06. The number of methoxy groups -OCH3 is 1. The first-order valence-corrected chi connectivity index (χ1v) is 7.92. The van der Waals surface area contributed by atoms with Gasteiger partial charge in [0, 0.05) is 5.56 Å². The Bertz CT molecular complexity index is 811. The molecule has 134 valence electrons. The molecule has 0 atom stereocenters. The molecule has 0 unspecified atom stereocenters. The number of carbonyl (C=O) groups is 1. The van der Waals surface area contributed by atoms with Gasteiger partial charge in [0.1, 0.15) is 11.8 Å². The van der Waals surface area contributed by atoms with Gasteiger partial charge in [-0.2, -0.15) is 10.4 Å². The van der Waals surface area contributed by atoms with Crippen molar-refractivity contribution in [1.82, 2.24) is 5.43 Å². The lowest BCUT2D eigenvalue weighted by Gasteiger charge is -2.08. The number of ether oxygens (including phenoxy) is 3. The molecule has 0 saturated heterocycles. The van der Waals surface area contributed by atoms with E-state index in [1.54, 1.807) is 42.5 Å². The van der Waals surface area contributed by atoms with Gasteiger partial charge >= 0.3 is 0 Å². The predicted molar refractivity (Wildman–Crippen MR) is 96.8 cm³/mol. The smallest absolute Gasteiger partial charge is 0.271 e. The number of rotatable bonds is 8. The minimum absolute atomic E-state index is 0.0675. The highest BCUT2D eigenvalue weighted by molar-refractivity contribution is 5.95. The van der Waals surface area contributed by atoms with Crippen molar-refractivity contribution in [2.75, 3.05) is 20.3 Å². The van der Waals surface area contributed by atoms with Crippen LogP contribution in [0.5, 0.6) is 17.2 Å². The summed E-state index contributed by atoms with van der Waals surface area (Å²) >= 11 is 0. The van der Waals surface area contributed by atoms with Gasteiger partial charge in [-0.05, 0) is 55.0 Å². The molecule has 0 aliphatic rings. The lowest BCUT2D eigenvalue weighted by Crippen LogP contribution is -2.17. The van der Waals surface area contributed by atoms with Crippen LogP contribution in [-0.2, 0) is 0 Å². The summed E-state index contributed by atoms with van der Waals surface area (Å²) in [6.07, 6.45) is 1.49. The van der Waals surface area contributed by atoms with E-state index < -0.39 is 0 Å². The van der Waals surface area contributed by atoms with E-state index in [2.05, 4.69) is 10.5 Å². The van der Waals surface area contributed by atoms with Crippen molar-refractivity contribution in [3.05, 3.63) is 53.6 Å². The van der Waals surface area contributed by atoms with Crippen LogP contribution in [0.2, 0.25) is 0 Å². The molecule has 26 heavy (non-hydrogen) atoms. The Hall–Kier alpha value is -3.53. The molecule has 2 rings (SSSR count). The normalized spacial score (nSPS) is 10.2. The second-order valence-corrected chi connectivity index (χ2v) is 5.01. The van der Waals surface area contributed by atoms with Gasteiger partial charge in [0.05, 0.1) is 19.9 Å². The highest BCUT2D eigenvalue weighted by Crippen LogP contribution is 2.27. The molecule has 0 aliphatic carbocycles. The highest BCUT2D eigenvalue weighted by atomic mass is 16.5. The standard InChI is InChI=1S/C19H19N3O4/c1-3-25-16-7-5-15(6-8-16)19(23)22-21-13-14-4-9-17(26-11-10-20)18(12-14)24-2/h4-9,12-13H,3,11H2,1-2H3,(H,22,23)/b21-13+. The molecule has 2 aromatic carbocycles. The summed E-state index contributed by atoms with van der Waals surface area (Å²) < 4.78 is 15.8. The summed E-state index contributed by atoms with van der Waals surface area (Å²) in [5.74, 6) is 1.32. The zero-order chi connectivity index (χ0) is 18.8. The van der Waals surface area contributed by atoms with Crippen molar-refractivity contribution in [2.24, 2.45) is 5.10 Å². The van der Waals surface area contributed by atoms with Crippen LogP contribution in [0.3, 0.4) is 0 Å². The number of hydrogen-bond donors (Lipinski definition) is 1. The third-order valence-corrected chi connectivity index (χ3v) is 3.29. The van der Waals surface area contributed by atoms with E-state index in [4.69, 9.17) is 19.5 Å². The van der Waals surface area contributed by atoms with E-state index in [1.165, 1.54) is 13.3 Å². The van der Waals surface area contributed by atoms with Gasteiger partial charge in [0.15, 0.2) is 18.1 Å². The molecule has 7 nitrogen and oxygen atoms in total. The fourth-order valence-electron chi connectivity index (χ4n) is 2.09. The van der Waals surface area contributed by atoms with Gasteiger partial charge in [-0.1, -0.05) is 0 Å². The monoisotopic (exact) mass is 353 g/mol. The number of nitrogens with zero attached hydrogens (tertiary/aromatic N) is 2. The van der Waals surface area contributed by atoms with Gasteiger partial charge in [-0.15, -0.1) is 0 Å². The maximum Gasteiger partial charge on any atom is 0.271 e. The molecule has 1 N–H and O–H groups in total. The summed E-state index contributed by atoms with van der Waals surface area (Å²) in [6.45, 7) is 2.40. The van der Waals surface area contributed by atoms with E-state index in [0.29, 0.717) is 35.0 Å². The summed E-state index contributed by atoms with van der Waals surface area (Å²) in [5, 5.41) is 12.5. The third-order valence-electron chi connectivity index (χ3n) is 3.29. The summed E-state index contributed by atoms with van der Waals surface area (Å²) in [4.78, 5) is 12.1. The summed E-state index contributed by atoms with van der Waals surface area (Å²) in [7, 11) is 1.50. The van der Waals surface area contributed by atoms with Gasteiger partial charge in [-0.25, -0.2) is 5.43 Å². The SMILES string of the molecule is CCOc1ccc(C(=O)N/N=C/c2ccc(OCC#N)c(OC)c2)cc1. The van der Waals surface area contributed by atoms with Crippen LogP contribution >= 0.6 is 0 Å². The first kappa shape index (κ1) is 18.8. The maximum absolute atomic E-state index is 12.1. The van der Waals surface area contributed by atoms with Gasteiger partial charge < -0.3 is 14.2 Å². The lowest BCUT2D eigenvalue weighted by molar-refractivity contribution is 0.0955. The molecule has 0 radical (unpaired) electrons. The molecular weight excluding hydrogens is 334 g/mol. The Balaban J connectivity index is 1.98. The molecule has 1 amide bonds. The Morgan fingerprint density at radius 1 is 1.19 bits per heavy atom. The topological polar surface area (TPSA) is 92.9 Å². The number of hydrogen-bond acceptors (Lipinski definition) is 6. The van der Waals surface area contributed by atoms with Crippen molar-refractivity contribution in [2.45, 2.75) is 6.92 Å². The average molecular weight is 353 g/mol. The maximum atomic E-state index is 12.1. The number of nitrogens with one attached hydrogen (secondary N) is 1. The molecule has 0 saturated carbocycles. The first-order valence-electron chi connectivity index (χ1n) is 7.92. The Morgan fingerprint density at radius 3 is 2.62 bits per heavy atom. The Morgan fingerprint density at radius 2 is 1.96 bits per heavy atom. The molecule has 2 aromatic rings. The van der Waals surface area contributed by atoms with E-state index in [-0.39, 0.29) is 12.5 Å². The van der Waals surface area contributed by atoms with Crippen molar-refractivity contribution < 1.29 is 19.0 Å². The Labute approximate surface area is 151 Å².